The van der Waals surface area contributed by atoms with Crippen LogP contribution in [0, 0.1) is 0 Å². The van der Waals surface area contributed by atoms with E-state index in [-0.39, 0.29) is 5.91 Å². The number of hydrogen-bond donors (Lipinski definition) is 1. The molecular formula is C17H27N3O. The summed E-state index contributed by atoms with van der Waals surface area (Å²) >= 11 is 0. The average molecular weight is 289 g/mol. The fourth-order valence-corrected chi connectivity index (χ4v) is 3.01. The predicted molar refractivity (Wildman–Crippen MR) is 86.4 cm³/mol. The molecule has 0 bridgehead atoms. The first-order valence-electron chi connectivity index (χ1n) is 7.94. The van der Waals surface area contributed by atoms with Crippen LogP contribution in [0.3, 0.4) is 0 Å². The lowest BCUT2D eigenvalue weighted by atomic mass is 10.1. The maximum absolute atomic E-state index is 12.8. The van der Waals surface area contributed by atoms with E-state index in [1.807, 2.05) is 24.3 Å². The average Bonchev–Trinajstić information content (AvgIpc) is 2.69. The van der Waals surface area contributed by atoms with E-state index in [0.717, 1.165) is 44.5 Å². The molecule has 1 aliphatic rings. The minimum atomic E-state index is 0.163. The standard InChI is InChI=1S/C17H27N3O/c1-3-16-13-19(2)11-4-12-20(16)17(21)15-7-5-14(6-8-15)9-10-18/h5-8,16H,3-4,9-13,18H2,1-2H3. The summed E-state index contributed by atoms with van der Waals surface area (Å²) in [7, 11) is 2.14. The van der Waals surface area contributed by atoms with Gasteiger partial charge in [-0.25, -0.2) is 0 Å². The Bertz CT molecular complexity index is 458. The van der Waals surface area contributed by atoms with Gasteiger partial charge in [0.05, 0.1) is 0 Å². The molecule has 0 radical (unpaired) electrons. The lowest BCUT2D eigenvalue weighted by Crippen LogP contribution is -2.43. The highest BCUT2D eigenvalue weighted by molar-refractivity contribution is 5.94. The fourth-order valence-electron chi connectivity index (χ4n) is 3.01. The zero-order valence-corrected chi connectivity index (χ0v) is 13.2. The Morgan fingerprint density at radius 3 is 2.62 bits per heavy atom. The van der Waals surface area contributed by atoms with Crippen LogP contribution in [0.5, 0.6) is 0 Å². The van der Waals surface area contributed by atoms with E-state index in [9.17, 15) is 4.79 Å². The van der Waals surface area contributed by atoms with Gasteiger partial charge in [0.2, 0.25) is 0 Å². The maximum atomic E-state index is 12.8. The van der Waals surface area contributed by atoms with Gasteiger partial charge in [-0.2, -0.15) is 0 Å². The third-order valence-electron chi connectivity index (χ3n) is 4.27. The number of nitrogens with zero attached hydrogens (tertiary/aromatic N) is 2. The normalized spacial score (nSPS) is 20.3. The molecule has 4 heteroatoms. The molecule has 2 rings (SSSR count). The zero-order chi connectivity index (χ0) is 15.2. The monoisotopic (exact) mass is 289 g/mol. The lowest BCUT2D eigenvalue weighted by molar-refractivity contribution is 0.0675. The number of carbonyl (C=O) groups is 1. The van der Waals surface area contributed by atoms with Gasteiger partial charge in [-0.05, 0) is 57.1 Å². The summed E-state index contributed by atoms with van der Waals surface area (Å²) in [5.74, 6) is 0.163. The smallest absolute Gasteiger partial charge is 0.254 e. The molecule has 1 fully saturated rings. The highest BCUT2D eigenvalue weighted by Crippen LogP contribution is 2.16. The maximum Gasteiger partial charge on any atom is 0.254 e. The Labute approximate surface area is 127 Å². The molecule has 1 unspecified atom stereocenters. The third-order valence-corrected chi connectivity index (χ3v) is 4.27. The largest absolute Gasteiger partial charge is 0.334 e. The van der Waals surface area contributed by atoms with Crippen LogP contribution in [0.2, 0.25) is 0 Å². The van der Waals surface area contributed by atoms with Gasteiger partial charge >= 0.3 is 0 Å². The molecule has 2 N–H and O–H groups in total. The summed E-state index contributed by atoms with van der Waals surface area (Å²) in [4.78, 5) is 17.2. The first-order chi connectivity index (χ1) is 10.2. The van der Waals surface area contributed by atoms with Gasteiger partial charge in [-0.1, -0.05) is 19.1 Å². The van der Waals surface area contributed by atoms with E-state index in [0.29, 0.717) is 12.6 Å². The molecule has 1 heterocycles. The van der Waals surface area contributed by atoms with Gasteiger partial charge < -0.3 is 15.5 Å². The minimum absolute atomic E-state index is 0.163. The summed E-state index contributed by atoms with van der Waals surface area (Å²) in [6.07, 6.45) is 2.91. The highest BCUT2D eigenvalue weighted by atomic mass is 16.2. The van der Waals surface area contributed by atoms with Crippen molar-refractivity contribution in [3.05, 3.63) is 35.4 Å². The van der Waals surface area contributed by atoms with Gasteiger partial charge in [0.25, 0.3) is 5.91 Å². The SMILES string of the molecule is CCC1CN(C)CCCN1C(=O)c1ccc(CCN)cc1. The van der Waals surface area contributed by atoms with Crippen LogP contribution in [0.15, 0.2) is 24.3 Å². The van der Waals surface area contributed by atoms with Crippen LogP contribution in [-0.4, -0.2) is 55.0 Å². The number of nitrogens with two attached hydrogens (primary N) is 1. The molecule has 0 aromatic heterocycles. The first-order valence-corrected chi connectivity index (χ1v) is 7.94. The molecule has 1 aromatic rings. The number of hydrogen-bond acceptors (Lipinski definition) is 3. The van der Waals surface area contributed by atoms with Crippen molar-refractivity contribution < 1.29 is 4.79 Å². The van der Waals surface area contributed by atoms with Crippen LogP contribution in [-0.2, 0) is 6.42 Å². The molecule has 1 aromatic carbocycles. The summed E-state index contributed by atoms with van der Waals surface area (Å²) in [5, 5.41) is 0. The molecule has 4 nitrogen and oxygen atoms in total. The second-order valence-electron chi connectivity index (χ2n) is 5.91. The first kappa shape index (κ1) is 16.0. The van der Waals surface area contributed by atoms with E-state index < -0.39 is 0 Å². The predicted octanol–water partition coefficient (Wildman–Crippen LogP) is 1.74. The Balaban J connectivity index is 2.12. The van der Waals surface area contributed by atoms with Crippen molar-refractivity contribution >= 4 is 5.91 Å². The van der Waals surface area contributed by atoms with Crippen molar-refractivity contribution in [2.24, 2.45) is 5.73 Å². The van der Waals surface area contributed by atoms with E-state index in [2.05, 4.69) is 23.8 Å². The van der Waals surface area contributed by atoms with Crippen molar-refractivity contribution in [1.82, 2.24) is 9.80 Å². The van der Waals surface area contributed by atoms with Gasteiger partial charge in [-0.3, -0.25) is 4.79 Å². The number of benzene rings is 1. The molecule has 1 saturated heterocycles. The Kier molecular flexibility index (Phi) is 5.76. The van der Waals surface area contributed by atoms with Crippen LogP contribution in [0.25, 0.3) is 0 Å². The van der Waals surface area contributed by atoms with Gasteiger partial charge in [0.15, 0.2) is 0 Å². The van der Waals surface area contributed by atoms with Crippen LogP contribution in [0.4, 0.5) is 0 Å². The summed E-state index contributed by atoms with van der Waals surface area (Å²) in [6, 6.07) is 8.23. The number of rotatable bonds is 4. The molecule has 116 valence electrons. The van der Waals surface area contributed by atoms with Crippen LogP contribution >= 0.6 is 0 Å². The number of likely N-dealkylation sites (N-methyl/N-ethyl adjacent to an activating group) is 1. The van der Waals surface area contributed by atoms with Gasteiger partial charge in [0, 0.05) is 24.7 Å². The topological polar surface area (TPSA) is 49.6 Å². The number of carbonyl (C=O) groups excluding carboxylic acids is 1. The van der Waals surface area contributed by atoms with Crippen molar-refractivity contribution in [3.8, 4) is 0 Å². The van der Waals surface area contributed by atoms with Crippen LogP contribution in [0.1, 0.15) is 35.7 Å². The van der Waals surface area contributed by atoms with E-state index >= 15 is 0 Å². The van der Waals surface area contributed by atoms with Crippen molar-refractivity contribution in [2.45, 2.75) is 32.2 Å². The fraction of sp³-hybridized carbons (Fsp3) is 0.588. The molecule has 0 saturated carbocycles. The van der Waals surface area contributed by atoms with Gasteiger partial charge in [0.1, 0.15) is 0 Å². The molecule has 0 spiro atoms. The molecular weight excluding hydrogens is 262 g/mol. The summed E-state index contributed by atoms with van der Waals surface area (Å²) in [6.45, 7) is 5.69. The van der Waals surface area contributed by atoms with E-state index in [1.165, 1.54) is 5.56 Å². The number of amides is 1. The third kappa shape index (κ3) is 4.05. The Morgan fingerprint density at radius 2 is 2.00 bits per heavy atom. The molecule has 1 aliphatic heterocycles. The zero-order valence-electron chi connectivity index (χ0n) is 13.2. The quantitative estimate of drug-likeness (QED) is 0.918. The Morgan fingerprint density at radius 1 is 1.29 bits per heavy atom. The molecule has 0 aliphatic carbocycles. The molecule has 1 amide bonds. The minimum Gasteiger partial charge on any atom is -0.334 e. The summed E-state index contributed by atoms with van der Waals surface area (Å²) < 4.78 is 0. The summed E-state index contributed by atoms with van der Waals surface area (Å²) in [5.41, 5.74) is 7.54. The van der Waals surface area contributed by atoms with Crippen molar-refractivity contribution in [1.29, 1.82) is 0 Å². The van der Waals surface area contributed by atoms with Gasteiger partial charge in [-0.15, -0.1) is 0 Å². The highest BCUT2D eigenvalue weighted by Gasteiger charge is 2.26. The second-order valence-corrected chi connectivity index (χ2v) is 5.91. The van der Waals surface area contributed by atoms with Crippen molar-refractivity contribution in [2.75, 3.05) is 33.2 Å². The Hall–Kier alpha value is -1.39. The van der Waals surface area contributed by atoms with Crippen molar-refractivity contribution in [3.63, 3.8) is 0 Å². The van der Waals surface area contributed by atoms with E-state index in [4.69, 9.17) is 5.73 Å². The lowest BCUT2D eigenvalue weighted by Gasteiger charge is -2.30. The second kappa shape index (κ2) is 7.57. The molecule has 1 atom stereocenters. The van der Waals surface area contributed by atoms with E-state index in [1.54, 1.807) is 0 Å². The molecule has 21 heavy (non-hydrogen) atoms. The van der Waals surface area contributed by atoms with Crippen LogP contribution < -0.4 is 5.73 Å².